The molecule has 0 aliphatic heterocycles. The van der Waals surface area contributed by atoms with E-state index in [4.69, 9.17) is 9.84 Å². The highest BCUT2D eigenvalue weighted by molar-refractivity contribution is 5.29. The van der Waals surface area contributed by atoms with Crippen molar-refractivity contribution in [3.8, 4) is 5.75 Å². The Balaban J connectivity index is 2.81. The van der Waals surface area contributed by atoms with E-state index in [2.05, 4.69) is 6.58 Å². The number of rotatable bonds is 4. The van der Waals surface area contributed by atoms with Crippen LogP contribution >= 0.6 is 0 Å². The normalized spacial score (nSPS) is 9.69. The largest absolute Gasteiger partial charge is 0.489 e. The number of aliphatic hydroxyl groups is 1. The van der Waals surface area contributed by atoms with Gasteiger partial charge in [0, 0.05) is 6.07 Å². The molecular formula is C10H11FO2. The lowest BCUT2D eigenvalue weighted by atomic mass is 10.2. The van der Waals surface area contributed by atoms with Gasteiger partial charge in [-0.2, -0.15) is 0 Å². The minimum absolute atomic E-state index is 0.192. The molecule has 70 valence electrons. The maximum atomic E-state index is 12.8. The minimum Gasteiger partial charge on any atom is -0.489 e. The molecule has 0 amide bonds. The SMILES string of the molecule is C=CCOc1cc(F)cc(CO)c1. The maximum Gasteiger partial charge on any atom is 0.127 e. The molecule has 0 saturated heterocycles. The van der Waals surface area contributed by atoms with Crippen molar-refractivity contribution in [1.82, 2.24) is 0 Å². The highest BCUT2D eigenvalue weighted by Gasteiger charge is 1.99. The fourth-order valence-corrected chi connectivity index (χ4v) is 0.951. The van der Waals surface area contributed by atoms with Gasteiger partial charge in [0.1, 0.15) is 18.2 Å². The maximum absolute atomic E-state index is 12.8. The molecule has 1 rings (SSSR count). The first-order chi connectivity index (χ1) is 6.26. The lowest BCUT2D eigenvalue weighted by molar-refractivity contribution is 0.279. The van der Waals surface area contributed by atoms with Gasteiger partial charge in [-0.05, 0) is 17.7 Å². The van der Waals surface area contributed by atoms with E-state index >= 15 is 0 Å². The van der Waals surface area contributed by atoms with Gasteiger partial charge in [-0.3, -0.25) is 0 Å². The van der Waals surface area contributed by atoms with Gasteiger partial charge in [0.25, 0.3) is 0 Å². The second-order valence-electron chi connectivity index (χ2n) is 2.55. The Hall–Kier alpha value is -1.35. The zero-order valence-electron chi connectivity index (χ0n) is 7.16. The molecule has 2 nitrogen and oxygen atoms in total. The number of hydrogen-bond acceptors (Lipinski definition) is 2. The zero-order chi connectivity index (χ0) is 9.68. The summed E-state index contributed by atoms with van der Waals surface area (Å²) in [6.07, 6.45) is 1.57. The summed E-state index contributed by atoms with van der Waals surface area (Å²) in [6.45, 7) is 3.61. The first-order valence-corrected chi connectivity index (χ1v) is 3.90. The van der Waals surface area contributed by atoms with Crippen LogP contribution in [0.1, 0.15) is 5.56 Å². The number of benzene rings is 1. The van der Waals surface area contributed by atoms with E-state index < -0.39 is 5.82 Å². The summed E-state index contributed by atoms with van der Waals surface area (Å²) in [5.74, 6) is -0.00503. The molecule has 0 heterocycles. The fraction of sp³-hybridized carbons (Fsp3) is 0.200. The van der Waals surface area contributed by atoms with Crippen molar-refractivity contribution in [2.75, 3.05) is 6.61 Å². The number of halogens is 1. The number of hydrogen-bond donors (Lipinski definition) is 1. The Morgan fingerprint density at radius 2 is 2.23 bits per heavy atom. The predicted octanol–water partition coefficient (Wildman–Crippen LogP) is 1.88. The predicted molar refractivity (Wildman–Crippen MR) is 48.0 cm³/mol. The second kappa shape index (κ2) is 4.62. The summed E-state index contributed by atoms with van der Waals surface area (Å²) in [5.41, 5.74) is 0.499. The third kappa shape index (κ3) is 2.87. The van der Waals surface area contributed by atoms with E-state index in [-0.39, 0.29) is 6.61 Å². The van der Waals surface area contributed by atoms with Crippen LogP contribution in [-0.2, 0) is 6.61 Å². The third-order valence-corrected chi connectivity index (χ3v) is 1.48. The molecule has 1 aromatic rings. The zero-order valence-corrected chi connectivity index (χ0v) is 7.16. The van der Waals surface area contributed by atoms with Crippen LogP contribution in [0.4, 0.5) is 4.39 Å². The van der Waals surface area contributed by atoms with Crippen LogP contribution in [0.2, 0.25) is 0 Å². The monoisotopic (exact) mass is 182 g/mol. The van der Waals surface area contributed by atoms with Crippen LogP contribution in [0.15, 0.2) is 30.9 Å². The average molecular weight is 182 g/mol. The van der Waals surface area contributed by atoms with E-state index in [0.717, 1.165) is 0 Å². The fourth-order valence-electron chi connectivity index (χ4n) is 0.951. The van der Waals surface area contributed by atoms with E-state index in [1.165, 1.54) is 12.1 Å². The van der Waals surface area contributed by atoms with E-state index in [1.807, 2.05) is 0 Å². The first-order valence-electron chi connectivity index (χ1n) is 3.90. The Kier molecular flexibility index (Phi) is 3.46. The van der Waals surface area contributed by atoms with Gasteiger partial charge in [0.2, 0.25) is 0 Å². The van der Waals surface area contributed by atoms with Crippen LogP contribution in [0.25, 0.3) is 0 Å². The Labute approximate surface area is 76.3 Å². The molecule has 0 aromatic heterocycles. The molecule has 0 radical (unpaired) electrons. The van der Waals surface area contributed by atoms with Crippen molar-refractivity contribution in [3.63, 3.8) is 0 Å². The Bertz CT molecular complexity index is 297. The van der Waals surface area contributed by atoms with Gasteiger partial charge >= 0.3 is 0 Å². The molecule has 3 heteroatoms. The molecule has 0 aliphatic rings. The van der Waals surface area contributed by atoms with Crippen LogP contribution < -0.4 is 4.74 Å². The quantitative estimate of drug-likeness (QED) is 0.720. The van der Waals surface area contributed by atoms with Crippen molar-refractivity contribution < 1.29 is 14.2 Å². The van der Waals surface area contributed by atoms with Gasteiger partial charge < -0.3 is 9.84 Å². The molecule has 0 unspecified atom stereocenters. The van der Waals surface area contributed by atoms with Crippen LogP contribution in [-0.4, -0.2) is 11.7 Å². The lowest BCUT2D eigenvalue weighted by Gasteiger charge is -2.04. The van der Waals surface area contributed by atoms with Crippen molar-refractivity contribution in [2.45, 2.75) is 6.61 Å². The van der Waals surface area contributed by atoms with Gasteiger partial charge in [0.05, 0.1) is 6.61 Å². The van der Waals surface area contributed by atoms with Crippen molar-refractivity contribution in [3.05, 3.63) is 42.2 Å². The Morgan fingerprint density at radius 3 is 2.85 bits per heavy atom. The first kappa shape index (κ1) is 9.74. The van der Waals surface area contributed by atoms with Gasteiger partial charge in [-0.25, -0.2) is 4.39 Å². The van der Waals surface area contributed by atoms with Crippen LogP contribution in [0.3, 0.4) is 0 Å². The lowest BCUT2D eigenvalue weighted by Crippen LogP contribution is -1.95. The molecular weight excluding hydrogens is 171 g/mol. The highest BCUT2D eigenvalue weighted by atomic mass is 19.1. The van der Waals surface area contributed by atoms with Gasteiger partial charge in [-0.1, -0.05) is 12.7 Å². The van der Waals surface area contributed by atoms with Crippen LogP contribution in [0, 0.1) is 5.82 Å². The summed E-state index contributed by atoms with van der Waals surface area (Å²) in [7, 11) is 0. The van der Waals surface area contributed by atoms with Gasteiger partial charge in [0.15, 0.2) is 0 Å². The van der Waals surface area contributed by atoms with Gasteiger partial charge in [-0.15, -0.1) is 0 Å². The molecule has 0 atom stereocenters. The minimum atomic E-state index is -0.411. The van der Waals surface area contributed by atoms with Crippen molar-refractivity contribution >= 4 is 0 Å². The smallest absolute Gasteiger partial charge is 0.127 e. The number of ether oxygens (including phenoxy) is 1. The van der Waals surface area contributed by atoms with Crippen LogP contribution in [0.5, 0.6) is 5.75 Å². The molecule has 0 bridgehead atoms. The standard InChI is InChI=1S/C10H11FO2/c1-2-3-13-10-5-8(7-12)4-9(11)6-10/h2,4-6,12H,1,3,7H2. The summed E-state index contributed by atoms with van der Waals surface area (Å²) in [4.78, 5) is 0. The Morgan fingerprint density at radius 1 is 1.46 bits per heavy atom. The second-order valence-corrected chi connectivity index (χ2v) is 2.55. The molecule has 0 spiro atoms. The summed E-state index contributed by atoms with van der Waals surface area (Å²) in [6, 6.07) is 4.12. The highest BCUT2D eigenvalue weighted by Crippen LogP contribution is 2.16. The molecule has 0 fully saturated rings. The summed E-state index contributed by atoms with van der Waals surface area (Å²) >= 11 is 0. The van der Waals surface area contributed by atoms with E-state index in [9.17, 15) is 4.39 Å². The molecule has 13 heavy (non-hydrogen) atoms. The average Bonchev–Trinajstić information content (AvgIpc) is 2.14. The summed E-state index contributed by atoms with van der Waals surface area (Å²) < 4.78 is 17.9. The van der Waals surface area contributed by atoms with E-state index in [0.29, 0.717) is 17.9 Å². The number of aliphatic hydroxyl groups excluding tert-OH is 1. The molecule has 0 saturated carbocycles. The third-order valence-electron chi connectivity index (χ3n) is 1.48. The molecule has 1 N–H and O–H groups in total. The molecule has 0 aliphatic carbocycles. The van der Waals surface area contributed by atoms with Crippen molar-refractivity contribution in [1.29, 1.82) is 0 Å². The molecule has 1 aromatic carbocycles. The van der Waals surface area contributed by atoms with E-state index in [1.54, 1.807) is 12.1 Å². The van der Waals surface area contributed by atoms with Crippen molar-refractivity contribution in [2.24, 2.45) is 0 Å². The summed E-state index contributed by atoms with van der Waals surface area (Å²) in [5, 5.41) is 8.77. The topological polar surface area (TPSA) is 29.5 Å².